The Labute approximate surface area is 192 Å². The summed E-state index contributed by atoms with van der Waals surface area (Å²) in [6, 6.07) is 30.6. The van der Waals surface area contributed by atoms with E-state index in [1.807, 2.05) is 54.6 Å². The van der Waals surface area contributed by atoms with Crippen LogP contribution in [0, 0.1) is 0 Å². The van der Waals surface area contributed by atoms with Crippen LogP contribution in [0.5, 0.6) is 17.2 Å². The van der Waals surface area contributed by atoms with Crippen LogP contribution in [-0.4, -0.2) is 0 Å². The lowest BCUT2D eigenvalue weighted by Crippen LogP contribution is -2.10. The number of phosphoric acid groups is 1. The fourth-order valence-electron chi connectivity index (χ4n) is 4.44. The first-order chi connectivity index (χ1) is 16.2. The molecule has 4 aromatic rings. The molecule has 4 aromatic carbocycles. The monoisotopic (exact) mass is 456 g/mol. The molecule has 2 aliphatic heterocycles. The molecule has 164 valence electrons. The van der Waals surface area contributed by atoms with Crippen molar-refractivity contribution in [2.75, 3.05) is 0 Å². The van der Waals surface area contributed by atoms with Crippen LogP contribution in [-0.2, 0) is 28.5 Å². The molecule has 2 heterocycles. The summed E-state index contributed by atoms with van der Waals surface area (Å²) in [7, 11) is -3.81. The summed E-state index contributed by atoms with van der Waals surface area (Å²) in [6.45, 7) is 0. The van der Waals surface area contributed by atoms with Crippen molar-refractivity contribution in [2.45, 2.75) is 19.3 Å². The molecule has 5 nitrogen and oxygen atoms in total. The highest BCUT2D eigenvalue weighted by Gasteiger charge is 2.50. The average molecular weight is 456 g/mol. The summed E-state index contributed by atoms with van der Waals surface area (Å²) >= 11 is 0. The first kappa shape index (κ1) is 20.1. The van der Waals surface area contributed by atoms with Crippen molar-refractivity contribution in [1.29, 1.82) is 0 Å². The zero-order valence-corrected chi connectivity index (χ0v) is 18.7. The first-order valence-electron chi connectivity index (χ1n) is 10.9. The molecule has 6 heteroatoms. The van der Waals surface area contributed by atoms with Gasteiger partial charge < -0.3 is 13.9 Å². The van der Waals surface area contributed by atoms with Gasteiger partial charge in [0, 0.05) is 24.0 Å². The summed E-state index contributed by atoms with van der Waals surface area (Å²) in [4.78, 5) is 5.56. The van der Waals surface area contributed by atoms with E-state index in [4.69, 9.17) is 18.6 Å². The van der Waals surface area contributed by atoms with Gasteiger partial charge in [0.25, 0.3) is 0 Å². The van der Waals surface area contributed by atoms with E-state index in [0.29, 0.717) is 36.5 Å². The van der Waals surface area contributed by atoms with Crippen molar-refractivity contribution in [3.05, 3.63) is 124 Å². The third kappa shape index (κ3) is 3.80. The van der Waals surface area contributed by atoms with Crippen LogP contribution in [0.4, 0.5) is 0 Å². The molecular weight excluding hydrogens is 435 g/mol. The number of hydrogen-bond donors (Lipinski definition) is 0. The molecule has 2 bridgehead atoms. The topological polar surface area (TPSA) is 54.0 Å². The fraction of sp³-hybridized carbons (Fsp3) is 0.111. The summed E-state index contributed by atoms with van der Waals surface area (Å²) in [5, 5.41) is 0. The molecule has 0 aromatic heterocycles. The Morgan fingerprint density at radius 1 is 0.515 bits per heavy atom. The summed E-state index contributed by atoms with van der Waals surface area (Å²) in [5.74, 6) is 1.27. The van der Waals surface area contributed by atoms with Crippen LogP contribution in [0.25, 0.3) is 0 Å². The van der Waals surface area contributed by atoms with E-state index in [0.717, 1.165) is 33.4 Å². The second-order valence-corrected chi connectivity index (χ2v) is 9.61. The van der Waals surface area contributed by atoms with E-state index in [9.17, 15) is 4.57 Å². The quantitative estimate of drug-likeness (QED) is 0.240. The molecule has 0 radical (unpaired) electrons. The molecule has 0 saturated carbocycles. The summed E-state index contributed by atoms with van der Waals surface area (Å²) < 4.78 is 29.4. The third-order valence-corrected chi connectivity index (χ3v) is 7.05. The number of rotatable bonds is 6. The van der Waals surface area contributed by atoms with E-state index >= 15 is 0 Å². The number of benzene rings is 4. The molecule has 0 aliphatic carbocycles. The summed E-state index contributed by atoms with van der Waals surface area (Å²) in [6.07, 6.45) is 1.89. The van der Waals surface area contributed by atoms with Crippen LogP contribution < -0.4 is 13.9 Å². The van der Waals surface area contributed by atoms with Gasteiger partial charge in [0.05, 0.1) is 0 Å². The maximum Gasteiger partial charge on any atom is 0.625 e. The van der Waals surface area contributed by atoms with Crippen LogP contribution >= 0.6 is 7.82 Å². The molecule has 0 N–H and O–H groups in total. The minimum Gasteiger partial charge on any atom is -0.389 e. The molecule has 6 rings (SSSR count). The van der Waals surface area contributed by atoms with E-state index in [1.54, 1.807) is 0 Å². The Morgan fingerprint density at radius 2 is 0.939 bits per heavy atom. The van der Waals surface area contributed by atoms with Crippen LogP contribution in [0.15, 0.2) is 91.0 Å². The maximum absolute atomic E-state index is 12.8. The van der Waals surface area contributed by atoms with Crippen LogP contribution in [0.3, 0.4) is 0 Å². The van der Waals surface area contributed by atoms with Gasteiger partial charge in [-0.15, -0.1) is 0 Å². The molecule has 0 fully saturated rings. The predicted octanol–water partition coefficient (Wildman–Crippen LogP) is 6.66. The standard InChI is InChI=1S/C27H21O5P/c28-33-30-26-24(18-21-14-8-3-9-15-21)22(16-19-10-4-1-5-11-19)23(17-20-12-6-2-7-13-20)25(29-32-33)27(26)31-33/h1-15H,16-18H2. The minimum absolute atomic E-state index is 0.373. The predicted molar refractivity (Wildman–Crippen MR) is 125 cm³/mol. The van der Waals surface area contributed by atoms with E-state index in [-0.39, 0.29) is 0 Å². The van der Waals surface area contributed by atoms with Crippen molar-refractivity contribution in [1.82, 2.24) is 0 Å². The maximum atomic E-state index is 12.8. The molecule has 1 atom stereocenters. The van der Waals surface area contributed by atoms with E-state index in [1.165, 1.54) is 0 Å². The second-order valence-electron chi connectivity index (χ2n) is 8.20. The fourth-order valence-corrected chi connectivity index (χ4v) is 5.51. The molecule has 2 aliphatic rings. The van der Waals surface area contributed by atoms with Crippen molar-refractivity contribution in [3.8, 4) is 17.2 Å². The zero-order chi connectivity index (χ0) is 22.3. The van der Waals surface area contributed by atoms with Gasteiger partial charge in [0.15, 0.2) is 5.75 Å². The van der Waals surface area contributed by atoms with Gasteiger partial charge >= 0.3 is 7.82 Å². The van der Waals surface area contributed by atoms with Gasteiger partial charge in [0.2, 0.25) is 11.5 Å². The second kappa shape index (κ2) is 8.11. The Kier molecular flexibility index (Phi) is 4.94. The Hall–Kier alpha value is -3.53. The lowest BCUT2D eigenvalue weighted by molar-refractivity contribution is -0.126. The molecule has 1 unspecified atom stereocenters. The lowest BCUT2D eigenvalue weighted by atomic mass is 9.87. The van der Waals surface area contributed by atoms with Gasteiger partial charge in [-0.25, -0.2) is 4.57 Å². The Balaban J connectivity index is 1.58. The molecule has 0 spiro atoms. The lowest BCUT2D eigenvalue weighted by Gasteiger charge is -2.21. The van der Waals surface area contributed by atoms with E-state index < -0.39 is 7.82 Å². The number of fused-ring (bicyclic) bond motifs is 1. The highest BCUT2D eigenvalue weighted by atomic mass is 31.2. The van der Waals surface area contributed by atoms with Gasteiger partial charge in [-0.3, -0.25) is 0 Å². The Morgan fingerprint density at radius 3 is 1.45 bits per heavy atom. The van der Waals surface area contributed by atoms with Crippen molar-refractivity contribution >= 4 is 7.82 Å². The van der Waals surface area contributed by atoms with Crippen LogP contribution in [0.1, 0.15) is 33.4 Å². The van der Waals surface area contributed by atoms with Crippen molar-refractivity contribution in [2.24, 2.45) is 0 Å². The molecule has 0 amide bonds. The van der Waals surface area contributed by atoms with Crippen LogP contribution in [0.2, 0.25) is 0 Å². The molecule has 33 heavy (non-hydrogen) atoms. The number of hydrogen-bond acceptors (Lipinski definition) is 5. The third-order valence-electron chi connectivity index (χ3n) is 5.98. The van der Waals surface area contributed by atoms with Crippen molar-refractivity contribution < 1.29 is 23.2 Å². The summed E-state index contributed by atoms with van der Waals surface area (Å²) in [5.41, 5.74) is 6.39. The van der Waals surface area contributed by atoms with Gasteiger partial charge in [0.1, 0.15) is 0 Å². The van der Waals surface area contributed by atoms with Gasteiger partial charge in [-0.1, -0.05) is 95.7 Å². The highest BCUT2D eigenvalue weighted by Crippen LogP contribution is 2.68. The smallest absolute Gasteiger partial charge is 0.389 e. The SMILES string of the molecule is O=P12OOc3c(Cc4ccccc4)c(Cc4ccccc4)c(Cc4ccccc4)c(c3O1)O2. The Bertz CT molecular complexity index is 1350. The zero-order valence-electron chi connectivity index (χ0n) is 17.8. The largest absolute Gasteiger partial charge is 0.625 e. The average Bonchev–Trinajstić information content (AvgIpc) is 3.15. The van der Waals surface area contributed by atoms with Gasteiger partial charge in [-0.05, 0) is 28.7 Å². The van der Waals surface area contributed by atoms with E-state index in [2.05, 4.69) is 36.4 Å². The normalized spacial score (nSPS) is 17.7. The van der Waals surface area contributed by atoms with Crippen molar-refractivity contribution in [3.63, 3.8) is 0 Å². The number of phosphoric ester groups is 1. The van der Waals surface area contributed by atoms with Gasteiger partial charge in [-0.2, -0.15) is 0 Å². The minimum atomic E-state index is -3.81. The molecule has 0 saturated heterocycles. The first-order valence-corrected chi connectivity index (χ1v) is 12.3. The molecular formula is C27H21O5P. The highest BCUT2D eigenvalue weighted by molar-refractivity contribution is 7.49.